The molecule has 0 aromatic heterocycles. The van der Waals surface area contributed by atoms with E-state index in [1.54, 1.807) is 0 Å². The number of nitrogens with zero attached hydrogens (tertiary/aromatic N) is 2. The molecule has 0 heterocycles. The van der Waals surface area contributed by atoms with Gasteiger partial charge in [-0.3, -0.25) is 0 Å². The van der Waals surface area contributed by atoms with Gasteiger partial charge in [0.2, 0.25) is 0 Å². The molecular formula is C22H27N3. The maximum atomic E-state index is 6.45. The van der Waals surface area contributed by atoms with E-state index in [-0.39, 0.29) is 0 Å². The van der Waals surface area contributed by atoms with E-state index < -0.39 is 0 Å². The van der Waals surface area contributed by atoms with E-state index in [0.29, 0.717) is 12.0 Å². The molecule has 130 valence electrons. The zero-order valence-corrected chi connectivity index (χ0v) is 14.9. The Kier molecular flexibility index (Phi) is 3.51. The minimum atomic E-state index is 0.454. The zero-order chi connectivity index (χ0) is 17.0. The summed E-state index contributed by atoms with van der Waals surface area (Å²) in [6.45, 7) is 0. The van der Waals surface area contributed by atoms with Crippen molar-refractivity contribution in [1.82, 2.24) is 0 Å². The summed E-state index contributed by atoms with van der Waals surface area (Å²) in [5.74, 6) is 4.19. The minimum absolute atomic E-state index is 0.454. The lowest BCUT2D eigenvalue weighted by molar-refractivity contribution is 0.00119. The molecule has 0 saturated heterocycles. The lowest BCUT2D eigenvalue weighted by atomic mass is 9.54. The third-order valence-corrected chi connectivity index (χ3v) is 6.92. The second kappa shape index (κ2) is 5.76. The Balaban J connectivity index is 1.40. The van der Waals surface area contributed by atoms with Crippen molar-refractivity contribution in [1.29, 1.82) is 0 Å². The molecule has 6 rings (SSSR count). The first kappa shape index (κ1) is 15.2. The first-order valence-electron chi connectivity index (χ1n) is 9.73. The number of rotatable bonds is 2. The van der Waals surface area contributed by atoms with E-state index in [0.717, 1.165) is 29.4 Å². The number of nitrogens with two attached hydrogens (primary N) is 1. The summed E-state index contributed by atoms with van der Waals surface area (Å²) >= 11 is 0. The van der Waals surface area contributed by atoms with Crippen molar-refractivity contribution in [2.75, 3.05) is 11.9 Å². The maximum absolute atomic E-state index is 6.45. The molecule has 0 aliphatic heterocycles. The summed E-state index contributed by atoms with van der Waals surface area (Å²) in [4.78, 5) is 7.11. The van der Waals surface area contributed by atoms with Crippen LogP contribution in [0.25, 0.3) is 10.8 Å². The highest BCUT2D eigenvalue weighted by atomic mass is 15.2. The molecule has 0 atom stereocenters. The molecule has 0 unspecified atom stereocenters. The summed E-state index contributed by atoms with van der Waals surface area (Å²) in [5.41, 5.74) is 7.56. The molecule has 3 nitrogen and oxygen atoms in total. The predicted octanol–water partition coefficient (Wildman–Crippen LogP) is 4.42. The Labute approximate surface area is 149 Å². The lowest BCUT2D eigenvalue weighted by Gasteiger charge is -2.53. The van der Waals surface area contributed by atoms with Crippen molar-refractivity contribution < 1.29 is 0 Å². The number of fused-ring (bicyclic) bond motifs is 1. The maximum Gasteiger partial charge on any atom is 0.195 e. The topological polar surface area (TPSA) is 41.6 Å². The van der Waals surface area contributed by atoms with Gasteiger partial charge in [0.25, 0.3) is 0 Å². The Morgan fingerprint density at radius 3 is 2.24 bits per heavy atom. The van der Waals surface area contributed by atoms with Crippen LogP contribution < -0.4 is 10.6 Å². The number of hydrogen-bond acceptors (Lipinski definition) is 1. The zero-order valence-electron chi connectivity index (χ0n) is 14.9. The Bertz CT molecular complexity index is 797. The fourth-order valence-corrected chi connectivity index (χ4v) is 5.86. The monoisotopic (exact) mass is 333 g/mol. The summed E-state index contributed by atoms with van der Waals surface area (Å²) in [5, 5.41) is 2.51. The van der Waals surface area contributed by atoms with Crippen LogP contribution in [0.4, 0.5) is 5.69 Å². The van der Waals surface area contributed by atoms with Crippen LogP contribution >= 0.6 is 0 Å². The molecule has 25 heavy (non-hydrogen) atoms. The van der Waals surface area contributed by atoms with Gasteiger partial charge in [-0.25, -0.2) is 4.99 Å². The van der Waals surface area contributed by atoms with Crippen molar-refractivity contribution in [2.45, 2.75) is 38.1 Å². The van der Waals surface area contributed by atoms with Gasteiger partial charge in [0.05, 0.1) is 6.04 Å². The van der Waals surface area contributed by atoms with Crippen LogP contribution in [-0.4, -0.2) is 19.0 Å². The van der Waals surface area contributed by atoms with Crippen LogP contribution in [0.2, 0.25) is 0 Å². The first-order chi connectivity index (χ1) is 12.2. The quantitative estimate of drug-likeness (QED) is 0.653. The molecular weight excluding hydrogens is 306 g/mol. The van der Waals surface area contributed by atoms with E-state index in [9.17, 15) is 0 Å². The molecule has 4 aliphatic carbocycles. The van der Waals surface area contributed by atoms with Gasteiger partial charge in [-0.15, -0.1) is 0 Å². The van der Waals surface area contributed by atoms with Crippen LogP contribution in [-0.2, 0) is 0 Å². The highest BCUT2D eigenvalue weighted by Crippen LogP contribution is 2.54. The van der Waals surface area contributed by atoms with Gasteiger partial charge in [-0.05, 0) is 78.7 Å². The average Bonchev–Trinajstić information content (AvgIpc) is 2.63. The van der Waals surface area contributed by atoms with E-state index in [1.165, 1.54) is 42.9 Å². The van der Waals surface area contributed by atoms with Crippen LogP contribution in [0.5, 0.6) is 0 Å². The summed E-state index contributed by atoms with van der Waals surface area (Å²) in [6.07, 6.45) is 7.01. The predicted molar refractivity (Wildman–Crippen MR) is 105 cm³/mol. The van der Waals surface area contributed by atoms with Gasteiger partial charge in [0.1, 0.15) is 0 Å². The normalized spacial score (nSPS) is 33.8. The van der Waals surface area contributed by atoms with Gasteiger partial charge in [0, 0.05) is 12.7 Å². The standard InChI is InChI=1S/C22H27N3/c1-25(20-7-6-16-4-2-3-5-17(16)13-20)22(23)24-21-18-9-14-8-15(11-18)12-19(21)10-14/h2-7,13-15,18-19,21H,8-12H2,1H3,(H2,23,24). The SMILES string of the molecule is CN(C(N)=NC1C2CC3CC(C2)CC1C3)c1ccc2ccccc2c1. The second-order valence-electron chi connectivity index (χ2n) is 8.50. The number of guanidine groups is 1. The Morgan fingerprint density at radius 1 is 0.920 bits per heavy atom. The van der Waals surface area contributed by atoms with Crippen LogP contribution in [0.1, 0.15) is 32.1 Å². The summed E-state index contributed by atoms with van der Waals surface area (Å²) in [6, 6.07) is 15.4. The molecule has 0 amide bonds. The van der Waals surface area contributed by atoms with Crippen molar-refractivity contribution in [3.8, 4) is 0 Å². The lowest BCUT2D eigenvalue weighted by Crippen LogP contribution is -2.49. The fraction of sp³-hybridized carbons (Fsp3) is 0.500. The largest absolute Gasteiger partial charge is 0.370 e. The van der Waals surface area contributed by atoms with Crippen molar-refractivity contribution in [3.63, 3.8) is 0 Å². The number of aliphatic imine (C=N–C) groups is 1. The molecule has 3 heteroatoms. The van der Waals surface area contributed by atoms with Gasteiger partial charge in [0.15, 0.2) is 5.96 Å². The molecule has 0 spiro atoms. The van der Waals surface area contributed by atoms with E-state index >= 15 is 0 Å². The van der Waals surface area contributed by atoms with Crippen molar-refractivity contribution in [2.24, 2.45) is 34.4 Å². The smallest absolute Gasteiger partial charge is 0.195 e. The summed E-state index contributed by atoms with van der Waals surface area (Å²) in [7, 11) is 2.04. The molecule has 4 aliphatic rings. The average molecular weight is 333 g/mol. The van der Waals surface area contributed by atoms with E-state index in [4.69, 9.17) is 10.7 Å². The highest BCUT2D eigenvalue weighted by Gasteiger charge is 2.48. The molecule has 2 N–H and O–H groups in total. The highest BCUT2D eigenvalue weighted by molar-refractivity contribution is 5.97. The number of anilines is 1. The van der Waals surface area contributed by atoms with Crippen molar-refractivity contribution in [3.05, 3.63) is 42.5 Å². The van der Waals surface area contributed by atoms with Crippen LogP contribution in [0.15, 0.2) is 47.5 Å². The molecule has 4 saturated carbocycles. The van der Waals surface area contributed by atoms with Gasteiger partial charge >= 0.3 is 0 Å². The fourth-order valence-electron chi connectivity index (χ4n) is 5.86. The molecule has 4 fully saturated rings. The van der Waals surface area contributed by atoms with E-state index in [1.807, 2.05) is 7.05 Å². The van der Waals surface area contributed by atoms with Gasteiger partial charge in [-0.1, -0.05) is 30.3 Å². The molecule has 2 aromatic rings. The Morgan fingerprint density at radius 2 is 1.56 bits per heavy atom. The van der Waals surface area contributed by atoms with Crippen LogP contribution in [0.3, 0.4) is 0 Å². The van der Waals surface area contributed by atoms with Gasteiger partial charge < -0.3 is 10.6 Å². The molecule has 2 aromatic carbocycles. The second-order valence-corrected chi connectivity index (χ2v) is 8.50. The van der Waals surface area contributed by atoms with Crippen molar-refractivity contribution >= 4 is 22.4 Å². The van der Waals surface area contributed by atoms with Gasteiger partial charge in [-0.2, -0.15) is 0 Å². The number of hydrogen-bond donors (Lipinski definition) is 1. The number of benzene rings is 2. The Hall–Kier alpha value is -2.03. The summed E-state index contributed by atoms with van der Waals surface area (Å²) < 4.78 is 0. The first-order valence-corrected chi connectivity index (χ1v) is 9.73. The molecule has 4 bridgehead atoms. The van der Waals surface area contributed by atoms with Crippen LogP contribution in [0, 0.1) is 23.7 Å². The van der Waals surface area contributed by atoms with E-state index in [2.05, 4.69) is 47.4 Å². The minimum Gasteiger partial charge on any atom is -0.370 e. The third-order valence-electron chi connectivity index (χ3n) is 6.92. The molecule has 0 radical (unpaired) electrons. The third kappa shape index (κ3) is 2.61.